The highest BCUT2D eigenvalue weighted by atomic mass is 35.5. The molecule has 262 valence electrons. The second-order valence-corrected chi connectivity index (χ2v) is 14.3. The highest BCUT2D eigenvalue weighted by Gasteiger charge is 2.42. The average molecular weight is 723 g/mol. The van der Waals surface area contributed by atoms with E-state index in [9.17, 15) is 9.59 Å². The Labute approximate surface area is 298 Å². The number of halogens is 2. The number of nitrogens with one attached hydrogen (secondary N) is 1. The van der Waals surface area contributed by atoms with Crippen LogP contribution in [0.2, 0.25) is 10.0 Å². The summed E-state index contributed by atoms with van der Waals surface area (Å²) < 4.78 is 29.2. The van der Waals surface area contributed by atoms with Gasteiger partial charge in [-0.05, 0) is 49.9 Å². The number of piperidine rings is 2. The lowest BCUT2D eigenvalue weighted by atomic mass is 9.83. The summed E-state index contributed by atoms with van der Waals surface area (Å²) in [5, 5.41) is 12.1. The van der Waals surface area contributed by atoms with E-state index in [2.05, 4.69) is 25.4 Å². The Hall–Kier alpha value is -4.42. The van der Waals surface area contributed by atoms with E-state index < -0.39 is 11.9 Å². The van der Waals surface area contributed by atoms with Gasteiger partial charge in [0.05, 0.1) is 6.54 Å². The molecule has 1 N–H and O–H groups in total. The van der Waals surface area contributed by atoms with Crippen LogP contribution in [0, 0.1) is 0 Å². The minimum Gasteiger partial charge on any atom is -0.487 e. The Morgan fingerprint density at radius 2 is 1.24 bits per heavy atom. The first-order chi connectivity index (χ1) is 24.3. The summed E-state index contributed by atoms with van der Waals surface area (Å²) in [4.78, 5) is 29.5. The van der Waals surface area contributed by atoms with Crippen molar-refractivity contribution in [1.82, 2.24) is 15.6 Å². The lowest BCUT2D eigenvalue weighted by Gasteiger charge is -2.44. The smallest absolute Gasteiger partial charge is 0.360 e. The number of hydrogen-bond acceptors (Lipinski definition) is 11. The standard InChI is InChI=1S/C36H37Cl2N5O7/c37-25-3-1-5-29-23(25)7-9-35(47-29)11-16-42(17-12-35)31-21-27(40-49-31)33(44)39-15-20-46-34(45)28-22-32(50-41-28)43-18-13-36(14-19-43)10-8-24-26(38)4-2-6-30(24)48-36/h1-6,21-22H,7-20H2,(H,39,44). The van der Waals surface area contributed by atoms with E-state index in [0.717, 1.165) is 84.0 Å². The molecule has 2 spiro atoms. The van der Waals surface area contributed by atoms with Crippen molar-refractivity contribution in [1.29, 1.82) is 0 Å². The molecule has 2 saturated heterocycles. The lowest BCUT2D eigenvalue weighted by molar-refractivity contribution is 0.0216. The molecule has 0 bridgehead atoms. The maximum atomic E-state index is 12.7. The van der Waals surface area contributed by atoms with Crippen LogP contribution in [0.1, 0.15) is 70.6 Å². The minimum absolute atomic E-state index is 0.0465. The number of fused-ring (bicyclic) bond motifs is 2. The van der Waals surface area contributed by atoms with Crippen molar-refractivity contribution in [2.75, 3.05) is 49.1 Å². The van der Waals surface area contributed by atoms with E-state index in [1.54, 1.807) is 12.1 Å². The fourth-order valence-corrected chi connectivity index (χ4v) is 8.03. The van der Waals surface area contributed by atoms with Gasteiger partial charge in [-0.15, -0.1) is 0 Å². The lowest BCUT2D eigenvalue weighted by Crippen LogP contribution is -2.49. The first-order valence-corrected chi connectivity index (χ1v) is 17.9. The van der Waals surface area contributed by atoms with Gasteiger partial charge < -0.3 is 38.4 Å². The Kier molecular flexibility index (Phi) is 8.76. The number of carbonyl (C=O) groups is 2. The molecule has 4 aliphatic heterocycles. The summed E-state index contributed by atoms with van der Waals surface area (Å²) in [6.07, 6.45) is 6.84. The van der Waals surface area contributed by atoms with Gasteiger partial charge in [0, 0.05) is 85.2 Å². The van der Waals surface area contributed by atoms with Gasteiger partial charge in [0.1, 0.15) is 29.3 Å². The first-order valence-electron chi connectivity index (χ1n) is 17.1. The summed E-state index contributed by atoms with van der Waals surface area (Å²) >= 11 is 12.7. The summed E-state index contributed by atoms with van der Waals surface area (Å²) in [7, 11) is 0. The van der Waals surface area contributed by atoms with Crippen molar-refractivity contribution < 1.29 is 32.8 Å². The summed E-state index contributed by atoms with van der Waals surface area (Å²) in [5.41, 5.74) is 1.90. The Balaban J connectivity index is 0.764. The molecule has 6 heterocycles. The van der Waals surface area contributed by atoms with Crippen LogP contribution in [0.4, 0.5) is 11.8 Å². The molecule has 14 heteroatoms. The van der Waals surface area contributed by atoms with E-state index in [0.29, 0.717) is 37.9 Å². The molecule has 0 unspecified atom stereocenters. The number of amides is 1. The largest absolute Gasteiger partial charge is 0.487 e. The summed E-state index contributed by atoms with van der Waals surface area (Å²) in [6.45, 7) is 2.87. The zero-order chi connectivity index (χ0) is 34.3. The monoisotopic (exact) mass is 721 g/mol. The topological polar surface area (TPSA) is 132 Å². The number of hydrogen-bond donors (Lipinski definition) is 1. The number of aromatic nitrogens is 2. The third-order valence-electron chi connectivity index (χ3n) is 10.5. The van der Waals surface area contributed by atoms with Crippen molar-refractivity contribution in [3.8, 4) is 11.5 Å². The van der Waals surface area contributed by atoms with Crippen LogP contribution in [0.3, 0.4) is 0 Å². The van der Waals surface area contributed by atoms with E-state index in [1.807, 2.05) is 36.4 Å². The van der Waals surface area contributed by atoms with Crippen LogP contribution < -0.4 is 24.6 Å². The molecule has 12 nitrogen and oxygen atoms in total. The SMILES string of the molecule is O=C(NCCOC(=O)c1cc(N2CCC3(CCc4c(Cl)cccc4O3)CC2)on1)c1cc(N2CCC3(CCc4c(Cl)cccc4O3)CC2)on1. The zero-order valence-corrected chi connectivity index (χ0v) is 28.9. The van der Waals surface area contributed by atoms with Gasteiger partial charge in [0.25, 0.3) is 5.91 Å². The average Bonchev–Trinajstić information content (AvgIpc) is 3.82. The number of esters is 1. The highest BCUT2D eigenvalue weighted by molar-refractivity contribution is 6.31. The van der Waals surface area contributed by atoms with Gasteiger partial charge in [-0.25, -0.2) is 4.79 Å². The van der Waals surface area contributed by atoms with Gasteiger partial charge in [-0.1, -0.05) is 45.6 Å². The summed E-state index contributed by atoms with van der Waals surface area (Å²) in [5.74, 6) is 1.71. The van der Waals surface area contributed by atoms with E-state index in [-0.39, 0.29) is 35.7 Å². The molecule has 50 heavy (non-hydrogen) atoms. The Morgan fingerprint density at radius 1 is 0.740 bits per heavy atom. The van der Waals surface area contributed by atoms with Crippen LogP contribution in [0.15, 0.2) is 57.6 Å². The second kappa shape index (κ2) is 13.4. The third kappa shape index (κ3) is 6.46. The quantitative estimate of drug-likeness (QED) is 0.171. The maximum absolute atomic E-state index is 12.7. The number of nitrogens with zero attached hydrogens (tertiary/aromatic N) is 4. The molecule has 2 fully saturated rings. The molecule has 2 aromatic heterocycles. The normalized spacial score (nSPS) is 18.9. The van der Waals surface area contributed by atoms with Crippen LogP contribution in [0.5, 0.6) is 11.5 Å². The molecule has 8 rings (SSSR count). The van der Waals surface area contributed by atoms with Gasteiger partial charge >= 0.3 is 5.97 Å². The maximum Gasteiger partial charge on any atom is 0.360 e. The summed E-state index contributed by atoms with van der Waals surface area (Å²) in [6, 6.07) is 14.8. The van der Waals surface area contributed by atoms with Crippen molar-refractivity contribution in [2.45, 2.75) is 62.6 Å². The number of anilines is 2. The minimum atomic E-state index is -0.632. The van der Waals surface area contributed by atoms with E-state index >= 15 is 0 Å². The number of rotatable bonds is 7. The van der Waals surface area contributed by atoms with Crippen molar-refractivity contribution in [3.05, 3.63) is 81.1 Å². The van der Waals surface area contributed by atoms with Gasteiger partial charge in [0.2, 0.25) is 11.8 Å². The van der Waals surface area contributed by atoms with Gasteiger partial charge in [-0.2, -0.15) is 0 Å². The molecule has 4 aliphatic rings. The molecule has 0 saturated carbocycles. The van der Waals surface area contributed by atoms with Crippen LogP contribution in [-0.4, -0.2) is 72.7 Å². The molecule has 0 radical (unpaired) electrons. The van der Waals surface area contributed by atoms with Crippen LogP contribution >= 0.6 is 23.2 Å². The molecule has 0 aliphatic carbocycles. The van der Waals surface area contributed by atoms with Crippen LogP contribution in [0.25, 0.3) is 0 Å². The third-order valence-corrected chi connectivity index (χ3v) is 11.2. The molecule has 4 aromatic rings. The Bertz CT molecular complexity index is 1760. The van der Waals surface area contributed by atoms with Gasteiger partial charge in [0.15, 0.2) is 11.4 Å². The second-order valence-electron chi connectivity index (χ2n) is 13.5. The number of benzene rings is 2. The zero-order valence-electron chi connectivity index (χ0n) is 27.4. The Morgan fingerprint density at radius 3 is 1.78 bits per heavy atom. The predicted octanol–water partition coefficient (Wildman–Crippen LogP) is 6.28. The fourth-order valence-electron chi connectivity index (χ4n) is 7.51. The van der Waals surface area contributed by atoms with Crippen molar-refractivity contribution in [3.63, 3.8) is 0 Å². The van der Waals surface area contributed by atoms with Crippen molar-refractivity contribution >= 4 is 46.8 Å². The number of carbonyl (C=O) groups excluding carboxylic acids is 2. The molecule has 0 atom stereocenters. The van der Waals surface area contributed by atoms with E-state index in [4.69, 9.17) is 46.5 Å². The number of ether oxygens (including phenoxy) is 3. The first kappa shape index (κ1) is 32.8. The molecule has 1 amide bonds. The fraction of sp³-hybridized carbons (Fsp3) is 0.444. The molecular formula is C36H37Cl2N5O7. The molecule has 2 aromatic carbocycles. The molecular weight excluding hydrogens is 685 g/mol. The van der Waals surface area contributed by atoms with Crippen LogP contribution in [-0.2, 0) is 17.6 Å². The highest BCUT2D eigenvalue weighted by Crippen LogP contribution is 2.43. The van der Waals surface area contributed by atoms with Gasteiger partial charge in [-0.3, -0.25) is 4.79 Å². The predicted molar refractivity (Wildman–Crippen MR) is 185 cm³/mol. The van der Waals surface area contributed by atoms with E-state index in [1.165, 1.54) is 0 Å². The van der Waals surface area contributed by atoms with Crippen molar-refractivity contribution in [2.24, 2.45) is 0 Å².